The molecule has 2 aromatic rings. The van der Waals surface area contributed by atoms with Gasteiger partial charge in [0.25, 0.3) is 0 Å². The largest absolute Gasteiger partial charge is 0.496 e. The Bertz CT molecular complexity index is 679. The van der Waals surface area contributed by atoms with Crippen LogP contribution in [0.25, 0.3) is 10.9 Å². The third-order valence-corrected chi connectivity index (χ3v) is 3.97. The quantitative estimate of drug-likeness (QED) is 0.684. The minimum Gasteiger partial charge on any atom is -0.496 e. The zero-order valence-corrected chi connectivity index (χ0v) is 11.4. The first-order valence-corrected chi connectivity index (χ1v) is 6.66. The number of hydrogen-bond acceptors (Lipinski definition) is 5. The number of ether oxygens (including phenoxy) is 1. The summed E-state index contributed by atoms with van der Waals surface area (Å²) in [6, 6.07) is 3.73. The molecular formula is C12H9N3OS2. The summed E-state index contributed by atoms with van der Waals surface area (Å²) < 4.78 is 5.27. The normalized spacial score (nSPS) is 10.0. The fraction of sp³-hybridized carbons (Fsp3) is 0.167. The van der Waals surface area contributed by atoms with Gasteiger partial charge in [-0.1, -0.05) is 0 Å². The summed E-state index contributed by atoms with van der Waals surface area (Å²) in [6.45, 7) is 1.92. The molecule has 1 aromatic heterocycles. The van der Waals surface area contributed by atoms with E-state index >= 15 is 0 Å². The van der Waals surface area contributed by atoms with E-state index in [2.05, 4.69) is 10.4 Å². The number of nitrogens with one attached hydrogen (secondary N) is 1. The second-order valence-electron chi connectivity index (χ2n) is 3.51. The molecule has 0 aliphatic carbocycles. The summed E-state index contributed by atoms with van der Waals surface area (Å²) in [4.78, 5) is 4.88. The van der Waals surface area contributed by atoms with E-state index < -0.39 is 0 Å². The standard InChI is InChI=1S/C12H9N3OS2/c1-7-12(18-6-14)8-3-10(16-2)11(17-5-13)4-9(8)15-7/h3-4,15H,1-2H3. The van der Waals surface area contributed by atoms with Crippen LogP contribution in [0.1, 0.15) is 5.69 Å². The van der Waals surface area contributed by atoms with E-state index in [4.69, 9.17) is 15.3 Å². The van der Waals surface area contributed by atoms with Gasteiger partial charge in [0, 0.05) is 16.6 Å². The molecule has 1 heterocycles. The zero-order chi connectivity index (χ0) is 13.1. The van der Waals surface area contributed by atoms with Crippen LogP contribution < -0.4 is 4.74 Å². The summed E-state index contributed by atoms with van der Waals surface area (Å²) in [5.74, 6) is 0.646. The Balaban J connectivity index is 2.68. The summed E-state index contributed by atoms with van der Waals surface area (Å²) in [5, 5.41) is 22.6. The van der Waals surface area contributed by atoms with Crippen LogP contribution in [-0.4, -0.2) is 12.1 Å². The SMILES string of the molecule is COc1cc2c(SC#N)c(C)[nH]c2cc1SC#N. The van der Waals surface area contributed by atoms with Crippen molar-refractivity contribution in [1.29, 1.82) is 10.5 Å². The van der Waals surface area contributed by atoms with Crippen LogP contribution >= 0.6 is 23.5 Å². The summed E-state index contributed by atoms with van der Waals surface area (Å²) in [6.07, 6.45) is 0. The van der Waals surface area contributed by atoms with Crippen molar-refractivity contribution in [3.63, 3.8) is 0 Å². The van der Waals surface area contributed by atoms with Crippen LogP contribution in [0.4, 0.5) is 0 Å². The monoisotopic (exact) mass is 275 g/mol. The van der Waals surface area contributed by atoms with Gasteiger partial charge >= 0.3 is 0 Å². The van der Waals surface area contributed by atoms with E-state index in [9.17, 15) is 0 Å². The van der Waals surface area contributed by atoms with Crippen molar-refractivity contribution in [2.45, 2.75) is 16.7 Å². The number of rotatable bonds is 3. The summed E-state index contributed by atoms with van der Waals surface area (Å²) in [7, 11) is 1.57. The fourth-order valence-corrected chi connectivity index (χ4v) is 2.87. The van der Waals surface area contributed by atoms with E-state index in [0.29, 0.717) is 5.75 Å². The third-order valence-electron chi connectivity index (χ3n) is 2.51. The Kier molecular flexibility index (Phi) is 3.71. The van der Waals surface area contributed by atoms with Gasteiger partial charge in [-0.3, -0.25) is 0 Å². The van der Waals surface area contributed by atoms with Crippen LogP contribution in [0.2, 0.25) is 0 Å². The Morgan fingerprint density at radius 2 is 1.94 bits per heavy atom. The number of aromatic amines is 1. The molecule has 0 saturated carbocycles. The predicted molar refractivity (Wildman–Crippen MR) is 72.5 cm³/mol. The first-order valence-electron chi connectivity index (χ1n) is 5.03. The van der Waals surface area contributed by atoms with Crippen molar-refractivity contribution in [3.8, 4) is 16.6 Å². The average Bonchev–Trinajstić information content (AvgIpc) is 2.65. The van der Waals surface area contributed by atoms with Crippen molar-refractivity contribution < 1.29 is 4.74 Å². The second-order valence-corrected chi connectivity index (χ2v) is 5.14. The summed E-state index contributed by atoms with van der Waals surface area (Å²) in [5.41, 5.74) is 1.85. The number of H-pyrrole nitrogens is 1. The van der Waals surface area contributed by atoms with Crippen LogP contribution in [0.5, 0.6) is 5.75 Å². The molecule has 0 atom stereocenters. The Labute approximate surface area is 113 Å². The maximum Gasteiger partial charge on any atom is 0.138 e. The van der Waals surface area contributed by atoms with Gasteiger partial charge in [-0.15, -0.1) is 0 Å². The first-order chi connectivity index (χ1) is 8.71. The van der Waals surface area contributed by atoms with Crippen LogP contribution in [0.15, 0.2) is 21.9 Å². The fourth-order valence-electron chi connectivity index (χ4n) is 1.78. The maximum atomic E-state index is 8.81. The van der Waals surface area contributed by atoms with E-state index in [1.807, 2.05) is 24.5 Å². The lowest BCUT2D eigenvalue weighted by atomic mass is 10.2. The van der Waals surface area contributed by atoms with E-state index in [-0.39, 0.29) is 0 Å². The molecule has 0 unspecified atom stereocenters. The highest BCUT2D eigenvalue weighted by atomic mass is 32.2. The van der Waals surface area contributed by atoms with Gasteiger partial charge in [0.15, 0.2) is 0 Å². The topological polar surface area (TPSA) is 72.6 Å². The number of nitrogens with zero attached hydrogens (tertiary/aromatic N) is 2. The first kappa shape index (κ1) is 12.7. The molecule has 0 aliphatic rings. The molecule has 0 bridgehead atoms. The molecule has 2 rings (SSSR count). The lowest BCUT2D eigenvalue weighted by molar-refractivity contribution is 0.405. The molecule has 0 radical (unpaired) electrons. The van der Waals surface area contributed by atoms with Gasteiger partial charge < -0.3 is 9.72 Å². The van der Waals surface area contributed by atoms with Crippen molar-refractivity contribution in [2.24, 2.45) is 0 Å². The number of benzene rings is 1. The number of methoxy groups -OCH3 is 1. The molecule has 4 nitrogen and oxygen atoms in total. The number of aromatic nitrogens is 1. The molecule has 18 heavy (non-hydrogen) atoms. The van der Waals surface area contributed by atoms with Crippen molar-refractivity contribution in [2.75, 3.05) is 7.11 Å². The highest BCUT2D eigenvalue weighted by Gasteiger charge is 2.13. The second kappa shape index (κ2) is 5.26. The van der Waals surface area contributed by atoms with E-state index in [0.717, 1.165) is 49.9 Å². The lowest BCUT2D eigenvalue weighted by Crippen LogP contribution is -1.85. The highest BCUT2D eigenvalue weighted by Crippen LogP contribution is 2.38. The van der Waals surface area contributed by atoms with E-state index in [1.165, 1.54) is 0 Å². The van der Waals surface area contributed by atoms with Gasteiger partial charge in [-0.05, 0) is 42.6 Å². The van der Waals surface area contributed by atoms with Gasteiger partial charge in [-0.2, -0.15) is 10.5 Å². The maximum absolute atomic E-state index is 8.81. The molecule has 0 aliphatic heterocycles. The average molecular weight is 275 g/mol. The Morgan fingerprint density at radius 1 is 1.22 bits per heavy atom. The number of hydrogen-bond donors (Lipinski definition) is 1. The predicted octanol–water partition coefficient (Wildman–Crippen LogP) is 3.63. The molecule has 0 fully saturated rings. The number of fused-ring (bicyclic) bond motifs is 1. The molecular weight excluding hydrogens is 266 g/mol. The van der Waals surface area contributed by atoms with Gasteiger partial charge in [-0.25, -0.2) is 0 Å². The number of thiocyanates is 2. The molecule has 1 N–H and O–H groups in total. The highest BCUT2D eigenvalue weighted by molar-refractivity contribution is 8.04. The molecule has 6 heteroatoms. The third kappa shape index (κ3) is 2.13. The molecule has 1 aromatic carbocycles. The van der Waals surface area contributed by atoms with Crippen molar-refractivity contribution in [3.05, 3.63) is 17.8 Å². The van der Waals surface area contributed by atoms with Crippen LogP contribution in [0, 0.1) is 28.3 Å². The minimum atomic E-state index is 0.646. The molecule has 0 amide bonds. The smallest absolute Gasteiger partial charge is 0.138 e. The molecule has 0 saturated heterocycles. The van der Waals surface area contributed by atoms with Gasteiger partial charge in [0.2, 0.25) is 0 Å². The molecule has 0 spiro atoms. The van der Waals surface area contributed by atoms with Crippen LogP contribution in [0.3, 0.4) is 0 Å². The Morgan fingerprint density at radius 3 is 2.56 bits per heavy atom. The zero-order valence-electron chi connectivity index (χ0n) is 9.77. The van der Waals surface area contributed by atoms with Crippen molar-refractivity contribution >= 4 is 34.4 Å². The number of nitriles is 2. The van der Waals surface area contributed by atoms with Crippen LogP contribution in [-0.2, 0) is 0 Å². The molecule has 90 valence electrons. The van der Waals surface area contributed by atoms with Gasteiger partial charge in [0.1, 0.15) is 16.6 Å². The summed E-state index contributed by atoms with van der Waals surface area (Å²) >= 11 is 2.18. The van der Waals surface area contributed by atoms with Crippen molar-refractivity contribution in [1.82, 2.24) is 4.98 Å². The minimum absolute atomic E-state index is 0.646. The van der Waals surface area contributed by atoms with Gasteiger partial charge in [0.05, 0.1) is 16.9 Å². The van der Waals surface area contributed by atoms with E-state index in [1.54, 1.807) is 7.11 Å². The number of thioether (sulfide) groups is 2. The Hall–Kier alpha value is -1.76. The number of aryl methyl sites for hydroxylation is 1. The lowest BCUT2D eigenvalue weighted by Gasteiger charge is -2.05.